The molecular formula is C26H26FN3O4. The molecule has 1 atom stereocenters. The number of ether oxygens (including phenoxy) is 2. The molecule has 0 fully saturated rings. The normalized spacial score (nSPS) is 14.7. The molecule has 1 N–H and O–H groups in total. The molecule has 0 unspecified atom stereocenters. The lowest BCUT2D eigenvalue weighted by Gasteiger charge is -2.26. The molecule has 1 aliphatic rings. The van der Waals surface area contributed by atoms with Crippen molar-refractivity contribution in [3.63, 3.8) is 0 Å². The number of rotatable bonds is 8. The third kappa shape index (κ3) is 5.28. The van der Waals surface area contributed by atoms with Gasteiger partial charge in [0.05, 0.1) is 38.7 Å². The predicted molar refractivity (Wildman–Crippen MR) is 128 cm³/mol. The molecule has 4 rings (SSSR count). The van der Waals surface area contributed by atoms with E-state index in [0.717, 1.165) is 11.3 Å². The monoisotopic (exact) mass is 463 g/mol. The first kappa shape index (κ1) is 23.1. The highest BCUT2D eigenvalue weighted by atomic mass is 19.1. The predicted octanol–water partition coefficient (Wildman–Crippen LogP) is 5.07. The molecule has 0 aromatic heterocycles. The number of hydrogen-bond acceptors (Lipinski definition) is 5. The first-order valence-corrected chi connectivity index (χ1v) is 10.9. The van der Waals surface area contributed by atoms with Crippen molar-refractivity contribution < 1.29 is 23.5 Å². The Morgan fingerprint density at radius 2 is 1.71 bits per heavy atom. The van der Waals surface area contributed by atoms with Gasteiger partial charge in [-0.15, -0.1) is 0 Å². The number of nitrogens with one attached hydrogen (secondary N) is 1. The highest BCUT2D eigenvalue weighted by molar-refractivity contribution is 6.03. The first-order chi connectivity index (χ1) is 16.6. The van der Waals surface area contributed by atoms with Crippen molar-refractivity contribution in [1.82, 2.24) is 4.90 Å². The summed E-state index contributed by atoms with van der Waals surface area (Å²) in [6.45, 7) is 0.273. The van der Waals surface area contributed by atoms with Gasteiger partial charge in [0.25, 0.3) is 0 Å². The second kappa shape index (κ2) is 10.7. The summed E-state index contributed by atoms with van der Waals surface area (Å²) in [4.78, 5) is 20.4. The molecular weight excluding hydrogens is 437 g/mol. The van der Waals surface area contributed by atoms with Crippen LogP contribution in [-0.4, -0.2) is 43.5 Å². The minimum absolute atomic E-state index is 0.0670. The van der Waals surface area contributed by atoms with Crippen LogP contribution < -0.4 is 14.8 Å². The molecule has 0 spiro atoms. The zero-order chi connectivity index (χ0) is 23.9. The van der Waals surface area contributed by atoms with Crippen LogP contribution in [0.1, 0.15) is 17.5 Å². The Kier molecular flexibility index (Phi) is 7.27. The minimum Gasteiger partial charge on any atom is -0.496 e. The second-order valence-electron chi connectivity index (χ2n) is 7.77. The molecule has 1 heterocycles. The maximum atomic E-state index is 14.4. The lowest BCUT2D eigenvalue weighted by atomic mass is 10.0. The van der Waals surface area contributed by atoms with Crippen molar-refractivity contribution in [2.75, 3.05) is 26.1 Å². The van der Waals surface area contributed by atoms with E-state index in [1.807, 2.05) is 30.3 Å². The molecule has 34 heavy (non-hydrogen) atoms. The second-order valence-corrected chi connectivity index (χ2v) is 7.77. The largest absolute Gasteiger partial charge is 0.496 e. The third-order valence-electron chi connectivity index (χ3n) is 5.53. The van der Waals surface area contributed by atoms with Crippen molar-refractivity contribution >= 4 is 17.4 Å². The van der Waals surface area contributed by atoms with Crippen LogP contribution in [0.25, 0.3) is 0 Å². The number of methoxy groups -OCH3 is 2. The van der Waals surface area contributed by atoms with E-state index in [2.05, 4.69) is 10.5 Å². The standard InChI is InChI=1S/C26H26FN3O4/c1-32-24-13-7-4-10-20(24)23-15-19(34-29-23)17-30(16-18-9-3-5-11-21(18)27)26(31)28-22-12-6-8-14-25(22)33-2/h3-14,19H,15-17H2,1-2H3,(H,28,31)/t19-/m0/s1. The van der Waals surface area contributed by atoms with Crippen LogP contribution in [-0.2, 0) is 11.4 Å². The molecule has 0 bridgehead atoms. The Bertz CT molecular complexity index is 1180. The van der Waals surface area contributed by atoms with Crippen LogP contribution in [0.5, 0.6) is 11.5 Å². The van der Waals surface area contributed by atoms with Gasteiger partial charge in [0, 0.05) is 17.5 Å². The van der Waals surface area contributed by atoms with Gasteiger partial charge in [-0.05, 0) is 30.3 Å². The Balaban J connectivity index is 1.52. The van der Waals surface area contributed by atoms with Gasteiger partial charge in [-0.1, -0.05) is 47.6 Å². The number of anilines is 1. The van der Waals surface area contributed by atoms with Crippen LogP contribution in [0.2, 0.25) is 0 Å². The van der Waals surface area contributed by atoms with E-state index in [1.165, 1.54) is 18.1 Å². The van der Waals surface area contributed by atoms with Crippen LogP contribution in [0.3, 0.4) is 0 Å². The smallest absolute Gasteiger partial charge is 0.322 e. The van der Waals surface area contributed by atoms with Crippen LogP contribution >= 0.6 is 0 Å². The van der Waals surface area contributed by atoms with Gasteiger partial charge in [-0.3, -0.25) is 0 Å². The molecule has 0 saturated carbocycles. The zero-order valence-corrected chi connectivity index (χ0v) is 19.0. The van der Waals surface area contributed by atoms with E-state index in [4.69, 9.17) is 14.3 Å². The molecule has 0 radical (unpaired) electrons. The van der Waals surface area contributed by atoms with Crippen molar-refractivity contribution in [3.8, 4) is 11.5 Å². The van der Waals surface area contributed by atoms with Gasteiger partial charge >= 0.3 is 6.03 Å². The zero-order valence-electron chi connectivity index (χ0n) is 19.0. The van der Waals surface area contributed by atoms with Gasteiger partial charge in [0.1, 0.15) is 17.3 Å². The number of hydrogen-bond donors (Lipinski definition) is 1. The number of urea groups is 1. The van der Waals surface area contributed by atoms with Crippen LogP contribution in [0.4, 0.5) is 14.9 Å². The summed E-state index contributed by atoms with van der Waals surface area (Å²) in [6, 6.07) is 20.7. The fourth-order valence-electron chi connectivity index (χ4n) is 3.81. The molecule has 8 heteroatoms. The summed E-state index contributed by atoms with van der Waals surface area (Å²) >= 11 is 0. The third-order valence-corrected chi connectivity index (χ3v) is 5.53. The summed E-state index contributed by atoms with van der Waals surface area (Å²) in [5.74, 6) is 0.846. The Labute approximate surface area is 197 Å². The Morgan fingerprint density at radius 1 is 1.03 bits per heavy atom. The van der Waals surface area contributed by atoms with Gasteiger partial charge in [-0.25, -0.2) is 9.18 Å². The van der Waals surface area contributed by atoms with Gasteiger partial charge in [0.2, 0.25) is 0 Å². The van der Waals surface area contributed by atoms with E-state index in [1.54, 1.807) is 43.5 Å². The summed E-state index contributed by atoms with van der Waals surface area (Å²) in [7, 11) is 3.14. The van der Waals surface area contributed by atoms with Crippen molar-refractivity contribution in [2.45, 2.75) is 19.1 Å². The number of amides is 2. The number of nitrogens with zero attached hydrogens (tertiary/aromatic N) is 2. The number of para-hydroxylation sites is 3. The highest BCUT2D eigenvalue weighted by Crippen LogP contribution is 2.27. The topological polar surface area (TPSA) is 72.4 Å². The molecule has 0 saturated heterocycles. The van der Waals surface area contributed by atoms with Gasteiger partial charge in [0.15, 0.2) is 6.10 Å². The molecule has 1 aliphatic heterocycles. The number of carbonyl (C=O) groups is 1. The average molecular weight is 464 g/mol. The summed E-state index contributed by atoms with van der Waals surface area (Å²) < 4.78 is 25.2. The number of benzene rings is 3. The molecule has 0 aliphatic carbocycles. The fourth-order valence-corrected chi connectivity index (χ4v) is 3.81. The summed E-state index contributed by atoms with van der Waals surface area (Å²) in [5.41, 5.74) is 2.50. The SMILES string of the molecule is COc1ccccc1NC(=O)N(Cc1ccccc1F)C[C@@H]1CC(c2ccccc2OC)=NO1. The highest BCUT2D eigenvalue weighted by Gasteiger charge is 2.29. The average Bonchev–Trinajstić information content (AvgIpc) is 3.33. The molecule has 3 aromatic rings. The minimum atomic E-state index is -0.401. The maximum Gasteiger partial charge on any atom is 0.322 e. The van der Waals surface area contributed by atoms with Crippen molar-refractivity contribution in [3.05, 3.63) is 89.7 Å². The van der Waals surface area contributed by atoms with Gasteiger partial charge in [-0.2, -0.15) is 0 Å². The van der Waals surface area contributed by atoms with Crippen LogP contribution in [0.15, 0.2) is 78.0 Å². The molecule has 2 amide bonds. The van der Waals surface area contributed by atoms with E-state index in [-0.39, 0.29) is 18.9 Å². The number of carbonyl (C=O) groups excluding carboxylic acids is 1. The Hall–Kier alpha value is -4.07. The van der Waals surface area contributed by atoms with E-state index in [9.17, 15) is 9.18 Å². The fraction of sp³-hybridized carbons (Fsp3) is 0.231. The van der Waals surface area contributed by atoms with Crippen molar-refractivity contribution in [1.29, 1.82) is 0 Å². The molecule has 3 aromatic carbocycles. The van der Waals surface area contributed by atoms with Gasteiger partial charge < -0.3 is 24.5 Å². The summed E-state index contributed by atoms with van der Waals surface area (Å²) in [5, 5.41) is 7.09. The molecule has 7 nitrogen and oxygen atoms in total. The quantitative estimate of drug-likeness (QED) is 0.506. The van der Waals surface area contributed by atoms with E-state index >= 15 is 0 Å². The Morgan fingerprint density at radius 3 is 2.47 bits per heavy atom. The lowest BCUT2D eigenvalue weighted by molar-refractivity contribution is 0.0606. The lowest BCUT2D eigenvalue weighted by Crippen LogP contribution is -2.40. The number of halogens is 1. The van der Waals surface area contributed by atoms with Crippen LogP contribution in [0, 0.1) is 5.82 Å². The first-order valence-electron chi connectivity index (χ1n) is 10.9. The maximum absolute atomic E-state index is 14.4. The number of oxime groups is 1. The summed E-state index contributed by atoms with van der Waals surface area (Å²) in [6.07, 6.45) is 0.0888. The molecule has 176 valence electrons. The van der Waals surface area contributed by atoms with Crippen molar-refractivity contribution in [2.24, 2.45) is 5.16 Å². The van der Waals surface area contributed by atoms with E-state index in [0.29, 0.717) is 29.2 Å². The van der Waals surface area contributed by atoms with E-state index < -0.39 is 12.1 Å².